The Hall–Kier alpha value is -2.27. The van der Waals surface area contributed by atoms with Gasteiger partial charge in [-0.3, -0.25) is 4.79 Å². The van der Waals surface area contributed by atoms with Crippen LogP contribution in [0.5, 0.6) is 11.5 Å². The summed E-state index contributed by atoms with van der Waals surface area (Å²) < 4.78 is 23.3. The third-order valence-electron chi connectivity index (χ3n) is 3.05. The topological polar surface area (TPSA) is 47.6 Å². The lowest BCUT2D eigenvalue weighted by atomic mass is 10.1. The molecule has 1 amide bonds. The minimum atomic E-state index is -0.491. The molecule has 0 radical (unpaired) electrons. The summed E-state index contributed by atoms with van der Waals surface area (Å²) in [5.41, 5.74) is 1.11. The zero-order valence-electron chi connectivity index (χ0n) is 12.2. The highest BCUT2D eigenvalue weighted by molar-refractivity contribution is 6.30. The van der Waals surface area contributed by atoms with E-state index >= 15 is 0 Å². The van der Waals surface area contributed by atoms with E-state index in [0.717, 1.165) is 0 Å². The molecule has 0 bridgehead atoms. The van der Waals surface area contributed by atoms with Gasteiger partial charge in [0.1, 0.15) is 17.3 Å². The molecule has 0 spiro atoms. The molecule has 0 unspecified atom stereocenters. The van der Waals surface area contributed by atoms with Crippen molar-refractivity contribution in [3.05, 3.63) is 58.4 Å². The maximum absolute atomic E-state index is 13.1. The molecule has 0 saturated heterocycles. The summed E-state index contributed by atoms with van der Waals surface area (Å²) in [6, 6.07) is 9.19. The van der Waals surface area contributed by atoms with Gasteiger partial charge < -0.3 is 14.8 Å². The zero-order valence-corrected chi connectivity index (χ0v) is 12.9. The van der Waals surface area contributed by atoms with Gasteiger partial charge in [-0.25, -0.2) is 4.39 Å². The third kappa shape index (κ3) is 3.89. The Kier molecular flexibility index (Phi) is 5.22. The Balaban J connectivity index is 2.10. The van der Waals surface area contributed by atoms with Crippen LogP contribution in [0.4, 0.5) is 4.39 Å². The van der Waals surface area contributed by atoms with Gasteiger partial charge in [0.15, 0.2) is 0 Å². The first-order chi connectivity index (χ1) is 10.5. The van der Waals surface area contributed by atoms with E-state index in [2.05, 4.69) is 5.32 Å². The minimum Gasteiger partial charge on any atom is -0.497 e. The molecule has 2 aromatic carbocycles. The molecule has 22 heavy (non-hydrogen) atoms. The fraction of sp³-hybridized carbons (Fsp3) is 0.188. The molecule has 0 aliphatic rings. The molecule has 0 aliphatic carbocycles. The fourth-order valence-corrected chi connectivity index (χ4v) is 2.08. The molecule has 0 aliphatic heterocycles. The molecule has 0 aromatic heterocycles. The maximum Gasteiger partial charge on any atom is 0.251 e. The van der Waals surface area contributed by atoms with Crippen LogP contribution in [0, 0.1) is 5.82 Å². The molecular weight excluding hydrogens is 309 g/mol. The van der Waals surface area contributed by atoms with Gasteiger partial charge in [-0.05, 0) is 29.8 Å². The highest BCUT2D eigenvalue weighted by atomic mass is 35.5. The van der Waals surface area contributed by atoms with Crippen molar-refractivity contribution in [2.75, 3.05) is 14.2 Å². The monoisotopic (exact) mass is 323 g/mol. The van der Waals surface area contributed by atoms with Crippen LogP contribution in [0.2, 0.25) is 5.02 Å². The van der Waals surface area contributed by atoms with E-state index in [9.17, 15) is 9.18 Å². The van der Waals surface area contributed by atoms with Crippen molar-refractivity contribution in [1.29, 1.82) is 0 Å². The van der Waals surface area contributed by atoms with E-state index < -0.39 is 5.82 Å². The summed E-state index contributed by atoms with van der Waals surface area (Å²) in [4.78, 5) is 12.2. The Morgan fingerprint density at radius 3 is 2.32 bits per heavy atom. The summed E-state index contributed by atoms with van der Waals surface area (Å²) in [5.74, 6) is 0.260. The molecule has 2 aromatic rings. The largest absolute Gasteiger partial charge is 0.497 e. The fourth-order valence-electron chi connectivity index (χ4n) is 1.87. The molecular formula is C16H15ClFNO3. The number of hydrogen-bond donors (Lipinski definition) is 1. The van der Waals surface area contributed by atoms with E-state index in [1.54, 1.807) is 24.3 Å². The van der Waals surface area contributed by atoms with Crippen LogP contribution in [-0.4, -0.2) is 20.1 Å². The SMILES string of the molecule is COc1cc(OC)cc(C(=O)NCc2ccc(F)c(Cl)c2)c1. The smallest absolute Gasteiger partial charge is 0.251 e. The van der Waals surface area contributed by atoms with E-state index in [1.807, 2.05) is 0 Å². The van der Waals surface area contributed by atoms with Gasteiger partial charge in [-0.2, -0.15) is 0 Å². The van der Waals surface area contributed by atoms with E-state index in [-0.39, 0.29) is 17.5 Å². The van der Waals surface area contributed by atoms with Crippen LogP contribution < -0.4 is 14.8 Å². The summed E-state index contributed by atoms with van der Waals surface area (Å²) in [7, 11) is 3.02. The van der Waals surface area contributed by atoms with Crippen LogP contribution in [0.1, 0.15) is 15.9 Å². The quantitative estimate of drug-likeness (QED) is 0.917. The Morgan fingerprint density at radius 2 is 1.77 bits per heavy atom. The van der Waals surface area contributed by atoms with Gasteiger partial charge in [0.25, 0.3) is 5.91 Å². The first-order valence-corrected chi connectivity index (χ1v) is 6.86. The Morgan fingerprint density at radius 1 is 1.14 bits per heavy atom. The lowest BCUT2D eigenvalue weighted by Gasteiger charge is -2.09. The van der Waals surface area contributed by atoms with Gasteiger partial charge in [-0.15, -0.1) is 0 Å². The van der Waals surface area contributed by atoms with Crippen LogP contribution in [0.25, 0.3) is 0 Å². The van der Waals surface area contributed by atoms with Gasteiger partial charge >= 0.3 is 0 Å². The molecule has 116 valence electrons. The van der Waals surface area contributed by atoms with Crippen LogP contribution in [-0.2, 0) is 6.54 Å². The lowest BCUT2D eigenvalue weighted by molar-refractivity contribution is 0.0950. The molecule has 0 atom stereocenters. The number of carbonyl (C=O) groups excluding carboxylic acids is 1. The number of rotatable bonds is 5. The van der Waals surface area contributed by atoms with Crippen molar-refractivity contribution in [3.8, 4) is 11.5 Å². The Bertz CT molecular complexity index is 669. The number of ether oxygens (including phenoxy) is 2. The van der Waals surface area contributed by atoms with Gasteiger partial charge in [0.2, 0.25) is 0 Å². The normalized spacial score (nSPS) is 10.2. The zero-order chi connectivity index (χ0) is 16.1. The summed E-state index contributed by atoms with van der Waals surface area (Å²) >= 11 is 5.70. The second-order valence-electron chi connectivity index (χ2n) is 4.53. The molecule has 4 nitrogen and oxygen atoms in total. The van der Waals surface area contributed by atoms with Crippen molar-refractivity contribution in [2.45, 2.75) is 6.54 Å². The highest BCUT2D eigenvalue weighted by Gasteiger charge is 2.10. The lowest BCUT2D eigenvalue weighted by Crippen LogP contribution is -2.22. The number of methoxy groups -OCH3 is 2. The van der Waals surface area contributed by atoms with Crippen molar-refractivity contribution >= 4 is 17.5 Å². The standard InChI is InChI=1S/C16H15ClFNO3/c1-21-12-6-11(7-13(8-12)22-2)16(20)19-9-10-3-4-15(18)14(17)5-10/h3-8H,9H2,1-2H3,(H,19,20). The molecule has 0 fully saturated rings. The molecule has 0 saturated carbocycles. The number of amides is 1. The van der Waals surface area contributed by atoms with Crippen molar-refractivity contribution in [1.82, 2.24) is 5.32 Å². The molecule has 2 rings (SSSR count). The third-order valence-corrected chi connectivity index (χ3v) is 3.34. The van der Waals surface area contributed by atoms with E-state index in [4.69, 9.17) is 21.1 Å². The number of nitrogens with one attached hydrogen (secondary N) is 1. The van der Waals surface area contributed by atoms with Gasteiger partial charge in [0, 0.05) is 18.2 Å². The molecule has 6 heteroatoms. The number of halogens is 2. The molecule has 1 N–H and O–H groups in total. The predicted octanol–water partition coefficient (Wildman–Crippen LogP) is 3.43. The van der Waals surface area contributed by atoms with Gasteiger partial charge in [-0.1, -0.05) is 17.7 Å². The predicted molar refractivity (Wildman–Crippen MR) is 82.1 cm³/mol. The number of carbonyl (C=O) groups is 1. The van der Waals surface area contributed by atoms with Crippen LogP contribution >= 0.6 is 11.6 Å². The Labute approximate surface area is 132 Å². The highest BCUT2D eigenvalue weighted by Crippen LogP contribution is 2.22. The first kappa shape index (κ1) is 16.1. The van der Waals surface area contributed by atoms with Crippen LogP contribution in [0.3, 0.4) is 0 Å². The second-order valence-corrected chi connectivity index (χ2v) is 4.94. The van der Waals surface area contributed by atoms with Gasteiger partial charge in [0.05, 0.1) is 19.2 Å². The van der Waals surface area contributed by atoms with Crippen LogP contribution in [0.15, 0.2) is 36.4 Å². The average molecular weight is 324 g/mol. The number of hydrogen-bond acceptors (Lipinski definition) is 3. The van der Waals surface area contributed by atoms with Crippen molar-refractivity contribution in [3.63, 3.8) is 0 Å². The second kappa shape index (κ2) is 7.13. The summed E-state index contributed by atoms with van der Waals surface area (Å²) in [6.07, 6.45) is 0. The minimum absolute atomic E-state index is 0.0230. The van der Waals surface area contributed by atoms with Crippen molar-refractivity contribution < 1.29 is 18.7 Å². The summed E-state index contributed by atoms with van der Waals surface area (Å²) in [5, 5.41) is 2.76. The van der Waals surface area contributed by atoms with E-state index in [0.29, 0.717) is 22.6 Å². The van der Waals surface area contributed by atoms with E-state index in [1.165, 1.54) is 26.4 Å². The number of benzene rings is 2. The van der Waals surface area contributed by atoms with Crippen molar-refractivity contribution in [2.24, 2.45) is 0 Å². The first-order valence-electron chi connectivity index (χ1n) is 6.48. The molecule has 0 heterocycles. The summed E-state index contributed by atoms with van der Waals surface area (Å²) in [6.45, 7) is 0.234. The maximum atomic E-state index is 13.1. The average Bonchev–Trinajstić information content (AvgIpc) is 2.55.